The van der Waals surface area contributed by atoms with E-state index >= 15 is 0 Å². The zero-order valence-corrected chi connectivity index (χ0v) is 76.9. The van der Waals surface area contributed by atoms with Gasteiger partial charge in [0.05, 0.1) is 55.8 Å². The van der Waals surface area contributed by atoms with Gasteiger partial charge in [0.1, 0.15) is 17.1 Å². The van der Waals surface area contributed by atoms with E-state index in [-0.39, 0.29) is 25.0 Å². The van der Waals surface area contributed by atoms with Crippen LogP contribution in [-0.2, 0) is 14.1 Å². The summed E-state index contributed by atoms with van der Waals surface area (Å²) in [5, 5.41) is 32.0. The van der Waals surface area contributed by atoms with Crippen LogP contribution in [0.15, 0.2) is 364 Å². The van der Waals surface area contributed by atoms with Crippen molar-refractivity contribution in [3.8, 4) is 44.8 Å². The number of Topliss-reactive ketones (excluding diaryl/α,β-unsaturated/α-hetero) is 2. The number of carboxylic acid groups (broad SMARTS) is 1. The number of benzene rings is 19. The zero-order valence-electron chi connectivity index (χ0n) is 73.1. The monoisotopic (exact) mass is 1860 g/mol. The molecule has 5 aromatic heterocycles. The number of pyridine rings is 2. The first-order valence-corrected chi connectivity index (χ1v) is 45.6. The first-order chi connectivity index (χ1) is 65.3. The number of hydrogen-bond donors (Lipinski definition) is 3. The fraction of sp³-hybridized carbons (Fsp3) is 0.0522. The van der Waals surface area contributed by atoms with Gasteiger partial charge in [0, 0.05) is 119 Å². The van der Waals surface area contributed by atoms with Gasteiger partial charge in [0.25, 0.3) is 5.97 Å². The van der Waals surface area contributed by atoms with E-state index in [0.717, 1.165) is 151 Å². The minimum absolute atomic E-state index is 0. The van der Waals surface area contributed by atoms with Crippen LogP contribution in [0.25, 0.3) is 197 Å². The minimum Gasteiger partial charge on any atom is -0.481 e. The summed E-state index contributed by atoms with van der Waals surface area (Å²) in [6, 6.07) is 122. The van der Waals surface area contributed by atoms with E-state index in [2.05, 4.69) is 271 Å². The number of aldehydes is 1. The topological polar surface area (TPSA) is 205 Å². The fourth-order valence-electron chi connectivity index (χ4n) is 19.0. The van der Waals surface area contributed by atoms with Crippen molar-refractivity contribution in [2.45, 2.75) is 39.4 Å². The van der Waals surface area contributed by atoms with E-state index in [0.29, 0.717) is 36.8 Å². The first kappa shape index (κ1) is 88.0. The third-order valence-corrected chi connectivity index (χ3v) is 26.7. The molecule has 654 valence electrons. The summed E-state index contributed by atoms with van der Waals surface area (Å²) >= 11 is 31.2. The Morgan fingerprint density at radius 2 is 0.696 bits per heavy atom. The van der Waals surface area contributed by atoms with Gasteiger partial charge >= 0.3 is 7.12 Å². The highest BCUT2D eigenvalue weighted by molar-refractivity contribution is 6.62. The molecule has 1 unspecified atom stereocenters. The molecule has 1 aliphatic heterocycles. The highest BCUT2D eigenvalue weighted by atomic mass is 35.5. The number of aliphatic carboxylic acids is 1. The maximum absolute atomic E-state index is 11.8. The van der Waals surface area contributed by atoms with Crippen molar-refractivity contribution in [1.82, 2.24) is 34.9 Å². The van der Waals surface area contributed by atoms with Crippen LogP contribution in [0, 0.1) is 0 Å². The third-order valence-electron chi connectivity index (χ3n) is 25.4. The standard InChI is InChI=1S/C32H25BN2O2.C27H16Cl2N2.C27H15ClN2.C14H8O2.C13H8Cl2O.C2H4O2.H3N/c1-19-32(2,3)37-33(36-19)20-16-17-28-27(18-20)23-12-6-9-15-26(23)31-34-29-24-13-7-4-10-21(24)22-11-5-8-14-25(22)30(29)35(28)31;28-16-13-14-24(29)23(15-16)19-9-3-6-12-22(19)27-30-25-20-10-4-1-7-17(20)18-8-2-5-11-21(18)26(25)31-27;28-16-13-14-24-23(15-16)19-9-3-6-12-22(19)27-29-25-20-10-4-1-7-17(20)18-8-2-5-11-21(18)26(25)30(24)27;15-13-11-7-3-1-5-9(11)10-6-2-4-8-12(10)14(13)16;14-10-5-6-13(15)12(7-10)11-4-2-1-3-9(11)8-16;1-2(3)4;/h4-19H,1-3H3;1-15H,(H,30,31);1-15H;2*1-8H;1H3,(H,3,4);1H3. The highest BCUT2D eigenvalue weighted by Crippen LogP contribution is 2.46. The molecule has 24 aromatic rings. The lowest BCUT2D eigenvalue weighted by Gasteiger charge is -2.21. The molecule has 0 amide bonds. The maximum Gasteiger partial charge on any atom is 0.494 e. The summed E-state index contributed by atoms with van der Waals surface area (Å²) in [6.45, 7) is 7.34. The van der Waals surface area contributed by atoms with Crippen molar-refractivity contribution in [2.24, 2.45) is 0 Å². The smallest absolute Gasteiger partial charge is 0.481 e. The number of carboxylic acids is 1. The average molecular weight is 1860 g/mol. The van der Waals surface area contributed by atoms with Gasteiger partial charge in [-0.1, -0.05) is 361 Å². The highest BCUT2D eigenvalue weighted by Gasteiger charge is 2.44. The summed E-state index contributed by atoms with van der Waals surface area (Å²) in [6.07, 6.45) is 0.830. The summed E-state index contributed by atoms with van der Waals surface area (Å²) in [5.74, 6) is -0.841. The molecule has 0 saturated carbocycles. The number of nitrogens with one attached hydrogen (secondary N) is 1. The van der Waals surface area contributed by atoms with Gasteiger partial charge < -0.3 is 25.5 Å². The number of carbonyl (C=O) groups is 4. The first-order valence-electron chi connectivity index (χ1n) is 43.7. The molecule has 1 atom stereocenters. The van der Waals surface area contributed by atoms with Crippen LogP contribution in [0.3, 0.4) is 0 Å². The molecule has 0 spiro atoms. The zero-order chi connectivity index (χ0) is 91.9. The second-order valence-corrected chi connectivity index (χ2v) is 35.8. The Morgan fingerprint density at radius 1 is 0.370 bits per heavy atom. The third kappa shape index (κ3) is 15.7. The van der Waals surface area contributed by atoms with Crippen LogP contribution in [-0.4, -0.2) is 76.5 Å². The van der Waals surface area contributed by atoms with Crippen molar-refractivity contribution >= 4 is 247 Å². The number of nitrogens with zero attached hydrogens (tertiary/aromatic N) is 5. The molecule has 0 bridgehead atoms. The second-order valence-electron chi connectivity index (χ2n) is 33.6. The van der Waals surface area contributed by atoms with Crippen LogP contribution >= 0.6 is 58.0 Å². The summed E-state index contributed by atoms with van der Waals surface area (Å²) in [4.78, 5) is 62.8. The number of H-pyrrole nitrogens is 1. The maximum atomic E-state index is 11.8. The van der Waals surface area contributed by atoms with E-state index < -0.39 is 17.5 Å². The Bertz CT molecular complexity index is 8900. The molecule has 26 rings (SSSR count). The number of fused-ring (bicyclic) bond motifs is 35. The lowest BCUT2D eigenvalue weighted by Crippen LogP contribution is -2.34. The molecule has 0 radical (unpaired) electrons. The van der Waals surface area contributed by atoms with Crippen LogP contribution < -0.4 is 11.6 Å². The van der Waals surface area contributed by atoms with E-state index in [9.17, 15) is 14.4 Å². The van der Waals surface area contributed by atoms with Gasteiger partial charge in [0.15, 0.2) is 6.29 Å². The van der Waals surface area contributed by atoms with Gasteiger partial charge in [0.2, 0.25) is 11.6 Å². The fourth-order valence-corrected chi connectivity index (χ4v) is 20.0. The number of halogens is 5. The predicted octanol–water partition coefficient (Wildman–Crippen LogP) is 30.7. The quantitative estimate of drug-likeness (QED) is 0.0640. The normalized spacial score (nSPS) is 13.2. The molecular weight excluding hydrogens is 1780 g/mol. The Morgan fingerprint density at radius 3 is 1.14 bits per heavy atom. The number of imidazole rings is 3. The van der Waals surface area contributed by atoms with Crippen molar-refractivity contribution < 1.29 is 33.6 Å². The molecule has 1 aliphatic carbocycles. The summed E-state index contributed by atoms with van der Waals surface area (Å²) in [7, 11) is -0.381. The molecule has 5 N–H and O–H groups in total. The average Bonchev–Trinajstić information content (AvgIpc) is 1.56. The number of aromatic amines is 1. The Balaban J connectivity index is 0.000000107. The van der Waals surface area contributed by atoms with Gasteiger partial charge in [-0.2, -0.15) is 0 Å². The van der Waals surface area contributed by atoms with Gasteiger partial charge in [-0.25, -0.2) is 15.0 Å². The van der Waals surface area contributed by atoms with E-state index in [1.165, 1.54) is 70.0 Å². The SMILES string of the molecule is CC(=O)O.CC1OB(c2ccc3c(c2)c2ccccc2c2nc4c5ccccc5c5ccccc5c4n32)OC1(C)C.Clc1ccc(Cl)c(-c2ccccc2-c2nc3c4ccccc4c4ccccc4c3[nH]2)c1.Clc1ccc2c(c1)c1ccccc1c1nc3c4ccccc4c4ccccc4c3n21.N.O=C1C(=O)c2ccccc2-c2ccccc21.O=Cc1ccccc1-c1cc(Cl)ccc1Cl. The molecular formula is C115H79BCl5N7O7. The molecule has 19 aromatic carbocycles. The molecule has 1 saturated heterocycles. The minimum atomic E-state index is -0.833. The van der Waals surface area contributed by atoms with Crippen LogP contribution in [0.1, 0.15) is 58.8 Å². The van der Waals surface area contributed by atoms with Gasteiger partial charge in [-0.3, -0.25) is 28.0 Å². The summed E-state index contributed by atoms with van der Waals surface area (Å²) < 4.78 is 17.2. The van der Waals surface area contributed by atoms with Gasteiger partial charge in [-0.15, -0.1) is 0 Å². The predicted molar refractivity (Wildman–Crippen MR) is 560 cm³/mol. The number of aromatic nitrogens is 6. The summed E-state index contributed by atoms with van der Waals surface area (Å²) in [5.41, 5.74) is 19.1. The van der Waals surface area contributed by atoms with Crippen LogP contribution in [0.4, 0.5) is 0 Å². The molecule has 14 nitrogen and oxygen atoms in total. The molecule has 135 heavy (non-hydrogen) atoms. The second kappa shape index (κ2) is 36.2. The molecule has 6 heterocycles. The Labute approximate surface area is 799 Å². The van der Waals surface area contributed by atoms with Crippen molar-refractivity contribution in [3.63, 3.8) is 0 Å². The van der Waals surface area contributed by atoms with Crippen molar-refractivity contribution in [3.05, 3.63) is 406 Å². The Hall–Kier alpha value is -15.0. The van der Waals surface area contributed by atoms with Crippen molar-refractivity contribution in [1.29, 1.82) is 0 Å². The number of carbonyl (C=O) groups excluding carboxylic acids is 3. The van der Waals surface area contributed by atoms with Gasteiger partial charge in [-0.05, 0) is 152 Å². The van der Waals surface area contributed by atoms with Crippen LogP contribution in [0.5, 0.6) is 0 Å². The number of hydrogen-bond acceptors (Lipinski definition) is 10. The van der Waals surface area contributed by atoms with E-state index in [4.69, 9.17) is 92.2 Å². The molecule has 20 heteroatoms. The number of rotatable bonds is 5. The lowest BCUT2D eigenvalue weighted by molar-refractivity contribution is -0.134. The Kier molecular flexibility index (Phi) is 23.6. The van der Waals surface area contributed by atoms with Crippen molar-refractivity contribution in [2.75, 3.05) is 0 Å². The lowest BCUT2D eigenvalue weighted by atomic mass is 9.78. The number of ketones is 2. The van der Waals surface area contributed by atoms with E-state index in [1.807, 2.05) is 72.8 Å². The molecule has 1 fully saturated rings. The molecule has 2 aliphatic rings. The van der Waals surface area contributed by atoms with E-state index in [1.54, 1.807) is 54.6 Å². The van der Waals surface area contributed by atoms with Crippen LogP contribution in [0.2, 0.25) is 25.1 Å². The largest absolute Gasteiger partial charge is 0.494 e.